The molecule has 0 saturated heterocycles. The lowest BCUT2D eigenvalue weighted by atomic mass is 10.3. The number of thioether (sulfide) groups is 1. The first-order valence-corrected chi connectivity index (χ1v) is 8.53. The number of nitrogens with zero attached hydrogens (tertiary/aromatic N) is 4. The van der Waals surface area contributed by atoms with Crippen LogP contribution < -0.4 is 10.1 Å². The van der Waals surface area contributed by atoms with Crippen molar-refractivity contribution < 1.29 is 13.9 Å². The number of amides is 1. The van der Waals surface area contributed by atoms with Gasteiger partial charge in [-0.15, -0.1) is 16.9 Å². The normalized spacial score (nSPS) is 10.6. The molecule has 0 spiro atoms. The van der Waals surface area contributed by atoms with Crippen LogP contribution in [-0.4, -0.2) is 38.7 Å². The van der Waals surface area contributed by atoms with Crippen LogP contribution in [0.25, 0.3) is 11.6 Å². The lowest BCUT2D eigenvalue weighted by molar-refractivity contribution is -0.115. The summed E-state index contributed by atoms with van der Waals surface area (Å²) in [5.41, 5.74) is 0.683. The molecular formula is C16H17N5O3S. The average molecular weight is 359 g/mol. The van der Waals surface area contributed by atoms with Crippen molar-refractivity contribution in [3.05, 3.63) is 36.5 Å². The molecule has 25 heavy (non-hydrogen) atoms. The van der Waals surface area contributed by atoms with E-state index >= 15 is 0 Å². The Hall–Kier alpha value is -2.81. The smallest absolute Gasteiger partial charge is 0.322 e. The quantitative estimate of drug-likeness (QED) is 0.648. The van der Waals surface area contributed by atoms with Crippen LogP contribution in [0.4, 0.5) is 6.01 Å². The van der Waals surface area contributed by atoms with Crippen molar-refractivity contribution in [3.8, 4) is 17.3 Å². The number of anilines is 1. The predicted molar refractivity (Wildman–Crippen MR) is 93.5 cm³/mol. The third kappa shape index (κ3) is 4.38. The number of ether oxygens (including phenoxy) is 1. The standard InChI is InChI=1S/C16H17N5O3S/c1-21-13(7-9-17-21)15-19-20-16(24-15)18-14(22)8-10-25-12-5-3-11(23-2)4-6-12/h3-7,9H,8,10H2,1-2H3,(H,18,20,22). The molecule has 0 atom stereocenters. The number of aryl methyl sites for hydroxylation is 1. The van der Waals surface area contributed by atoms with E-state index in [2.05, 4.69) is 20.6 Å². The zero-order valence-electron chi connectivity index (χ0n) is 13.8. The molecule has 1 N–H and O–H groups in total. The molecule has 130 valence electrons. The fourth-order valence-electron chi connectivity index (χ4n) is 2.08. The number of benzene rings is 1. The van der Waals surface area contributed by atoms with Crippen molar-refractivity contribution in [2.75, 3.05) is 18.2 Å². The minimum Gasteiger partial charge on any atom is -0.497 e. The van der Waals surface area contributed by atoms with Crippen LogP contribution in [0.1, 0.15) is 6.42 Å². The van der Waals surface area contributed by atoms with Crippen LogP contribution >= 0.6 is 11.8 Å². The second kappa shape index (κ2) is 7.84. The SMILES string of the molecule is COc1ccc(SCCC(=O)Nc2nnc(-c3ccnn3C)o2)cc1. The van der Waals surface area contributed by atoms with E-state index in [9.17, 15) is 4.79 Å². The molecule has 2 heterocycles. The Morgan fingerprint density at radius 1 is 1.28 bits per heavy atom. The highest BCUT2D eigenvalue weighted by Gasteiger charge is 2.13. The van der Waals surface area contributed by atoms with Gasteiger partial charge in [0.05, 0.1) is 7.11 Å². The van der Waals surface area contributed by atoms with Gasteiger partial charge < -0.3 is 9.15 Å². The average Bonchev–Trinajstić information content (AvgIpc) is 3.24. The first-order chi connectivity index (χ1) is 12.2. The number of rotatable bonds is 7. The van der Waals surface area contributed by atoms with Gasteiger partial charge in [-0.1, -0.05) is 5.10 Å². The van der Waals surface area contributed by atoms with Crippen molar-refractivity contribution in [2.45, 2.75) is 11.3 Å². The van der Waals surface area contributed by atoms with Crippen LogP contribution in [0, 0.1) is 0 Å². The van der Waals surface area contributed by atoms with Crippen LogP contribution in [0.2, 0.25) is 0 Å². The predicted octanol–water partition coefficient (Wildman–Crippen LogP) is 2.60. The zero-order valence-corrected chi connectivity index (χ0v) is 14.6. The Bertz CT molecular complexity index is 844. The van der Waals surface area contributed by atoms with E-state index in [4.69, 9.17) is 9.15 Å². The van der Waals surface area contributed by atoms with E-state index in [0.717, 1.165) is 10.6 Å². The van der Waals surface area contributed by atoms with Gasteiger partial charge in [0.25, 0.3) is 5.89 Å². The molecule has 1 amide bonds. The third-order valence-electron chi connectivity index (χ3n) is 3.37. The van der Waals surface area contributed by atoms with Crippen molar-refractivity contribution in [2.24, 2.45) is 7.05 Å². The summed E-state index contributed by atoms with van der Waals surface area (Å²) in [5.74, 6) is 1.58. The zero-order chi connectivity index (χ0) is 17.6. The molecule has 8 nitrogen and oxygen atoms in total. The van der Waals surface area contributed by atoms with Crippen molar-refractivity contribution in [1.82, 2.24) is 20.0 Å². The highest BCUT2D eigenvalue weighted by atomic mass is 32.2. The van der Waals surface area contributed by atoms with Gasteiger partial charge in [0.1, 0.15) is 11.4 Å². The van der Waals surface area contributed by atoms with E-state index in [-0.39, 0.29) is 11.9 Å². The Morgan fingerprint density at radius 3 is 2.76 bits per heavy atom. The van der Waals surface area contributed by atoms with E-state index in [1.54, 1.807) is 42.9 Å². The summed E-state index contributed by atoms with van der Waals surface area (Å²) >= 11 is 1.59. The Labute approximate surface area is 148 Å². The van der Waals surface area contributed by atoms with E-state index in [0.29, 0.717) is 23.8 Å². The molecular weight excluding hydrogens is 342 g/mol. The molecule has 2 aromatic heterocycles. The number of hydrogen-bond donors (Lipinski definition) is 1. The van der Waals surface area contributed by atoms with Crippen LogP contribution in [0.15, 0.2) is 45.8 Å². The summed E-state index contributed by atoms with van der Waals surface area (Å²) < 4.78 is 12.2. The topological polar surface area (TPSA) is 95.1 Å². The maximum Gasteiger partial charge on any atom is 0.322 e. The van der Waals surface area contributed by atoms with Crippen molar-refractivity contribution in [3.63, 3.8) is 0 Å². The van der Waals surface area contributed by atoms with Crippen LogP contribution in [0.3, 0.4) is 0 Å². The van der Waals surface area contributed by atoms with Crippen molar-refractivity contribution >= 4 is 23.7 Å². The highest BCUT2D eigenvalue weighted by Crippen LogP contribution is 2.22. The van der Waals surface area contributed by atoms with E-state index in [1.807, 2.05) is 24.3 Å². The molecule has 1 aromatic carbocycles. The minimum absolute atomic E-state index is 0.0793. The first kappa shape index (κ1) is 17.0. The van der Waals surface area contributed by atoms with Gasteiger partial charge in [0.2, 0.25) is 5.91 Å². The van der Waals surface area contributed by atoms with Gasteiger partial charge in [-0.2, -0.15) is 5.10 Å². The molecule has 9 heteroatoms. The first-order valence-electron chi connectivity index (χ1n) is 7.54. The third-order valence-corrected chi connectivity index (χ3v) is 4.38. The largest absolute Gasteiger partial charge is 0.497 e. The number of hydrogen-bond acceptors (Lipinski definition) is 7. The van der Waals surface area contributed by atoms with Crippen LogP contribution in [-0.2, 0) is 11.8 Å². The van der Waals surface area contributed by atoms with Gasteiger partial charge in [0.15, 0.2) is 0 Å². The number of carbonyl (C=O) groups excluding carboxylic acids is 1. The molecule has 3 aromatic rings. The van der Waals surface area contributed by atoms with Gasteiger partial charge in [-0.3, -0.25) is 14.8 Å². The fourth-order valence-corrected chi connectivity index (χ4v) is 2.93. The summed E-state index contributed by atoms with van der Waals surface area (Å²) in [6.45, 7) is 0. The molecule has 0 aliphatic rings. The van der Waals surface area contributed by atoms with Crippen LogP contribution in [0.5, 0.6) is 5.75 Å². The number of aromatic nitrogens is 4. The molecule has 0 fully saturated rings. The highest BCUT2D eigenvalue weighted by molar-refractivity contribution is 7.99. The van der Waals surface area contributed by atoms with Crippen molar-refractivity contribution in [1.29, 1.82) is 0 Å². The number of nitrogens with one attached hydrogen (secondary N) is 1. The van der Waals surface area contributed by atoms with Gasteiger partial charge in [-0.05, 0) is 30.3 Å². The molecule has 0 aliphatic heterocycles. The maximum atomic E-state index is 12.0. The molecule has 0 radical (unpaired) electrons. The molecule has 3 rings (SSSR count). The number of methoxy groups -OCH3 is 1. The molecule has 0 bridgehead atoms. The fraction of sp³-hybridized carbons (Fsp3) is 0.250. The molecule has 0 aliphatic carbocycles. The van der Waals surface area contributed by atoms with E-state index < -0.39 is 0 Å². The summed E-state index contributed by atoms with van der Waals surface area (Å²) in [4.78, 5) is 13.0. The van der Waals surface area contributed by atoms with Gasteiger partial charge >= 0.3 is 6.01 Å². The molecule has 0 saturated carbocycles. The lowest BCUT2D eigenvalue weighted by Gasteiger charge is -2.03. The maximum absolute atomic E-state index is 12.0. The Morgan fingerprint density at radius 2 is 2.08 bits per heavy atom. The summed E-state index contributed by atoms with van der Waals surface area (Å²) in [5, 5.41) is 14.4. The summed E-state index contributed by atoms with van der Waals surface area (Å²) in [6, 6.07) is 9.53. The number of carbonyl (C=O) groups is 1. The van der Waals surface area contributed by atoms with E-state index in [1.165, 1.54) is 0 Å². The summed E-state index contributed by atoms with van der Waals surface area (Å²) in [6.07, 6.45) is 1.97. The second-order valence-electron chi connectivity index (χ2n) is 5.07. The molecule has 0 unspecified atom stereocenters. The van der Waals surface area contributed by atoms with Gasteiger partial charge in [-0.25, -0.2) is 0 Å². The minimum atomic E-state index is -0.179. The lowest BCUT2D eigenvalue weighted by Crippen LogP contribution is -2.12. The second-order valence-corrected chi connectivity index (χ2v) is 6.24. The Kier molecular flexibility index (Phi) is 5.34. The Balaban J connectivity index is 1.48. The summed E-state index contributed by atoms with van der Waals surface area (Å²) in [7, 11) is 3.40. The van der Waals surface area contributed by atoms with Gasteiger partial charge in [0, 0.05) is 30.3 Å². The monoisotopic (exact) mass is 359 g/mol.